The van der Waals surface area contributed by atoms with Gasteiger partial charge in [-0.15, -0.1) is 0 Å². The Labute approximate surface area is 138 Å². The number of nitrogens with zero attached hydrogens (tertiary/aromatic N) is 1. The number of nitrogens with one attached hydrogen (secondary N) is 1. The Morgan fingerprint density at radius 1 is 1.45 bits per heavy atom. The van der Waals surface area contributed by atoms with Gasteiger partial charge in [-0.1, -0.05) is 32.4 Å². The molecule has 3 N–H and O–H groups in total. The lowest BCUT2D eigenvalue weighted by Gasteiger charge is -2.38. The second-order valence-corrected chi connectivity index (χ2v) is 7.07. The van der Waals surface area contributed by atoms with Gasteiger partial charge in [0.1, 0.15) is 0 Å². The lowest BCUT2D eigenvalue weighted by Crippen LogP contribution is -2.50. The summed E-state index contributed by atoms with van der Waals surface area (Å²) >= 11 is 6.16. The lowest BCUT2D eigenvalue weighted by molar-refractivity contribution is -0.123. The largest absolute Gasteiger partial charge is 0.399 e. The highest BCUT2D eigenvalue weighted by Crippen LogP contribution is 2.26. The summed E-state index contributed by atoms with van der Waals surface area (Å²) < 4.78 is 0. The van der Waals surface area contributed by atoms with Crippen LogP contribution in [0.25, 0.3) is 0 Å². The van der Waals surface area contributed by atoms with Gasteiger partial charge in [-0.05, 0) is 49.4 Å². The number of piperidine rings is 1. The molecule has 1 fully saturated rings. The molecule has 2 unspecified atom stereocenters. The normalized spacial score (nSPS) is 20.9. The van der Waals surface area contributed by atoms with E-state index in [1.807, 2.05) is 0 Å². The molecule has 0 radical (unpaired) electrons. The fourth-order valence-corrected chi connectivity index (χ4v) is 3.44. The highest BCUT2D eigenvalue weighted by atomic mass is 35.5. The van der Waals surface area contributed by atoms with Crippen molar-refractivity contribution in [2.45, 2.75) is 39.7 Å². The monoisotopic (exact) mass is 323 g/mol. The molecule has 1 heterocycles. The number of hydrogen-bond donors (Lipinski definition) is 2. The molecular formula is C17H26ClN3O. The molecule has 1 saturated heterocycles. The van der Waals surface area contributed by atoms with Crippen LogP contribution in [0.15, 0.2) is 18.2 Å². The zero-order valence-corrected chi connectivity index (χ0v) is 14.4. The number of nitrogens with two attached hydrogens (primary N) is 1. The van der Waals surface area contributed by atoms with Gasteiger partial charge in [0, 0.05) is 12.2 Å². The second-order valence-electron chi connectivity index (χ2n) is 6.66. The molecule has 0 aliphatic carbocycles. The summed E-state index contributed by atoms with van der Waals surface area (Å²) in [6, 6.07) is 5.03. The molecule has 1 aliphatic heterocycles. The first-order chi connectivity index (χ1) is 10.4. The van der Waals surface area contributed by atoms with Crippen molar-refractivity contribution >= 4 is 28.9 Å². The van der Waals surface area contributed by atoms with Gasteiger partial charge in [-0.3, -0.25) is 9.69 Å². The van der Waals surface area contributed by atoms with Crippen LogP contribution in [-0.4, -0.2) is 29.9 Å². The van der Waals surface area contributed by atoms with E-state index >= 15 is 0 Å². The molecule has 122 valence electrons. The summed E-state index contributed by atoms with van der Waals surface area (Å²) in [5, 5.41) is 3.44. The minimum atomic E-state index is -0.128. The number of anilines is 2. The summed E-state index contributed by atoms with van der Waals surface area (Å²) in [5.74, 6) is 0.900. The third-order valence-corrected chi connectivity index (χ3v) is 4.55. The van der Waals surface area contributed by atoms with Crippen molar-refractivity contribution in [1.82, 2.24) is 4.90 Å². The number of carbonyl (C=O) groups is 1. The fraction of sp³-hybridized carbons (Fsp3) is 0.588. The minimum absolute atomic E-state index is 0.00997. The molecule has 4 nitrogen and oxygen atoms in total. The van der Waals surface area contributed by atoms with E-state index in [9.17, 15) is 4.79 Å². The molecule has 1 aliphatic rings. The van der Waals surface area contributed by atoms with Crippen molar-refractivity contribution in [3.63, 3.8) is 0 Å². The molecule has 1 aromatic carbocycles. The highest BCUT2D eigenvalue weighted by molar-refractivity contribution is 6.34. The van der Waals surface area contributed by atoms with Gasteiger partial charge in [0.25, 0.3) is 0 Å². The van der Waals surface area contributed by atoms with E-state index in [2.05, 4.69) is 31.0 Å². The zero-order valence-electron chi connectivity index (χ0n) is 13.6. The highest BCUT2D eigenvalue weighted by Gasteiger charge is 2.31. The van der Waals surface area contributed by atoms with E-state index in [0.717, 1.165) is 19.5 Å². The topological polar surface area (TPSA) is 58.4 Å². The first-order valence-corrected chi connectivity index (χ1v) is 8.36. The number of hydrogen-bond acceptors (Lipinski definition) is 3. The predicted octanol–water partition coefficient (Wildman–Crippen LogP) is 3.62. The van der Waals surface area contributed by atoms with Crippen LogP contribution in [0.3, 0.4) is 0 Å². The van der Waals surface area contributed by atoms with Crippen LogP contribution in [0.4, 0.5) is 11.4 Å². The predicted molar refractivity (Wildman–Crippen MR) is 93.1 cm³/mol. The van der Waals surface area contributed by atoms with Crippen LogP contribution in [0.1, 0.15) is 33.6 Å². The average Bonchev–Trinajstić information content (AvgIpc) is 2.42. The van der Waals surface area contributed by atoms with Gasteiger partial charge in [0.2, 0.25) is 5.91 Å². The SMILES string of the molecule is CC1CCCN(C(C(=O)Nc2ccc(N)cc2Cl)C(C)C)C1. The van der Waals surface area contributed by atoms with Gasteiger partial charge in [0.15, 0.2) is 0 Å². The van der Waals surface area contributed by atoms with Crippen LogP contribution in [0, 0.1) is 11.8 Å². The first kappa shape index (κ1) is 17.1. The van der Waals surface area contributed by atoms with E-state index in [1.54, 1.807) is 18.2 Å². The van der Waals surface area contributed by atoms with E-state index in [-0.39, 0.29) is 17.9 Å². The number of rotatable bonds is 4. The number of halogens is 1. The maximum absolute atomic E-state index is 12.8. The summed E-state index contributed by atoms with van der Waals surface area (Å²) in [6.45, 7) is 8.39. The van der Waals surface area contributed by atoms with Crippen LogP contribution >= 0.6 is 11.6 Å². The Kier molecular flexibility index (Phi) is 5.70. The van der Waals surface area contributed by atoms with Gasteiger partial charge in [0.05, 0.1) is 16.8 Å². The third kappa shape index (κ3) is 4.14. The molecule has 0 aromatic heterocycles. The van der Waals surface area contributed by atoms with Gasteiger partial charge in [-0.2, -0.15) is 0 Å². The fourth-order valence-electron chi connectivity index (χ4n) is 3.21. The zero-order chi connectivity index (χ0) is 16.3. The number of carbonyl (C=O) groups excluding carboxylic acids is 1. The Balaban J connectivity index is 2.12. The van der Waals surface area contributed by atoms with E-state index in [0.29, 0.717) is 22.3 Å². The van der Waals surface area contributed by atoms with Crippen LogP contribution in [0.2, 0.25) is 5.02 Å². The average molecular weight is 324 g/mol. The van der Waals surface area contributed by atoms with Gasteiger partial charge >= 0.3 is 0 Å². The minimum Gasteiger partial charge on any atom is -0.399 e. The molecule has 0 spiro atoms. The van der Waals surface area contributed by atoms with E-state index in [4.69, 9.17) is 17.3 Å². The standard InChI is InChI=1S/C17H26ClN3O/c1-11(2)16(21-8-4-5-12(3)10-21)17(22)20-15-7-6-13(19)9-14(15)18/h6-7,9,11-12,16H,4-5,8,10,19H2,1-3H3,(H,20,22). The number of nitrogen functional groups attached to an aromatic ring is 1. The summed E-state index contributed by atoms with van der Waals surface area (Å²) in [7, 11) is 0. The van der Waals surface area contributed by atoms with E-state index < -0.39 is 0 Å². The van der Waals surface area contributed by atoms with Crippen molar-refractivity contribution in [3.05, 3.63) is 23.2 Å². The molecular weight excluding hydrogens is 298 g/mol. The first-order valence-electron chi connectivity index (χ1n) is 7.98. The smallest absolute Gasteiger partial charge is 0.242 e. The number of amides is 1. The van der Waals surface area contributed by atoms with Crippen molar-refractivity contribution in [2.75, 3.05) is 24.1 Å². The lowest BCUT2D eigenvalue weighted by atomic mass is 9.94. The van der Waals surface area contributed by atoms with Crippen molar-refractivity contribution in [3.8, 4) is 0 Å². The molecule has 22 heavy (non-hydrogen) atoms. The Morgan fingerprint density at radius 3 is 2.77 bits per heavy atom. The second kappa shape index (κ2) is 7.34. The van der Waals surface area contributed by atoms with Crippen LogP contribution in [0.5, 0.6) is 0 Å². The molecule has 0 saturated carbocycles. The van der Waals surface area contributed by atoms with Crippen LogP contribution < -0.4 is 11.1 Å². The Morgan fingerprint density at radius 2 is 2.18 bits per heavy atom. The van der Waals surface area contributed by atoms with Crippen molar-refractivity contribution in [2.24, 2.45) is 11.8 Å². The molecule has 1 amide bonds. The molecule has 5 heteroatoms. The summed E-state index contributed by atoms with van der Waals surface area (Å²) in [5.41, 5.74) is 6.91. The molecule has 2 atom stereocenters. The quantitative estimate of drug-likeness (QED) is 0.832. The molecule has 0 bridgehead atoms. The Hall–Kier alpha value is -1.26. The molecule has 1 aromatic rings. The van der Waals surface area contributed by atoms with Crippen molar-refractivity contribution in [1.29, 1.82) is 0 Å². The van der Waals surface area contributed by atoms with Crippen molar-refractivity contribution < 1.29 is 4.79 Å². The summed E-state index contributed by atoms with van der Waals surface area (Å²) in [6.07, 6.45) is 2.40. The van der Waals surface area contributed by atoms with Gasteiger partial charge < -0.3 is 11.1 Å². The van der Waals surface area contributed by atoms with Gasteiger partial charge in [-0.25, -0.2) is 0 Å². The summed E-state index contributed by atoms with van der Waals surface area (Å²) in [4.78, 5) is 15.1. The van der Waals surface area contributed by atoms with E-state index in [1.165, 1.54) is 6.42 Å². The molecule has 2 rings (SSSR count). The third-order valence-electron chi connectivity index (χ3n) is 4.23. The Bertz CT molecular complexity index is 533. The van der Waals surface area contributed by atoms with Crippen LogP contribution in [-0.2, 0) is 4.79 Å². The number of likely N-dealkylation sites (tertiary alicyclic amines) is 1. The number of benzene rings is 1. The maximum atomic E-state index is 12.8. The maximum Gasteiger partial charge on any atom is 0.242 e.